The number of hydrogen-bond acceptors (Lipinski definition) is 4. The molecule has 0 aliphatic heterocycles. The molecule has 0 unspecified atom stereocenters. The molecule has 1 rings (SSSR count). The van der Waals surface area contributed by atoms with E-state index in [0.29, 0.717) is 16.5 Å². The van der Waals surface area contributed by atoms with Crippen molar-refractivity contribution < 1.29 is 14.5 Å². The molecule has 0 aromatic heterocycles. The van der Waals surface area contributed by atoms with Crippen LogP contribution in [0.1, 0.15) is 28.4 Å². The first-order chi connectivity index (χ1) is 8.01. The van der Waals surface area contributed by atoms with E-state index in [-0.39, 0.29) is 17.9 Å². The Morgan fingerprint density at radius 3 is 2.65 bits per heavy atom. The van der Waals surface area contributed by atoms with E-state index in [2.05, 4.69) is 15.9 Å². The first-order valence-electron chi connectivity index (χ1n) is 5.02. The lowest BCUT2D eigenvalue weighted by Crippen LogP contribution is -2.09. The van der Waals surface area contributed by atoms with Gasteiger partial charge in [-0.15, -0.1) is 0 Å². The number of rotatable bonds is 4. The van der Waals surface area contributed by atoms with Gasteiger partial charge in [0.15, 0.2) is 0 Å². The van der Waals surface area contributed by atoms with Gasteiger partial charge in [-0.1, -0.05) is 15.9 Å². The number of benzene rings is 1. The number of non-ortho nitro benzene ring substituents is 1. The van der Waals surface area contributed by atoms with Crippen LogP contribution in [0.5, 0.6) is 0 Å². The Kier molecular flexibility index (Phi) is 4.62. The molecular weight excluding hydrogens is 290 g/mol. The number of carbonyl (C=O) groups excluding carboxylic acids is 1. The zero-order valence-corrected chi connectivity index (χ0v) is 11.1. The standard InChI is InChI=1S/C11H12BrNO4/c1-3-17-11(14)10-5-9(13(15)16)4-8(6-12)7(10)2/h4-5H,3,6H2,1-2H3. The van der Waals surface area contributed by atoms with Crippen molar-refractivity contribution in [1.82, 2.24) is 0 Å². The van der Waals surface area contributed by atoms with Gasteiger partial charge in [0.1, 0.15) is 0 Å². The number of halogens is 1. The summed E-state index contributed by atoms with van der Waals surface area (Å²) in [4.78, 5) is 21.9. The van der Waals surface area contributed by atoms with Crippen molar-refractivity contribution >= 4 is 27.6 Å². The Bertz CT molecular complexity index is 459. The molecule has 0 N–H and O–H groups in total. The summed E-state index contributed by atoms with van der Waals surface area (Å²) < 4.78 is 4.87. The van der Waals surface area contributed by atoms with Crippen LogP contribution in [0.4, 0.5) is 5.69 Å². The number of carbonyl (C=O) groups is 1. The highest BCUT2D eigenvalue weighted by molar-refractivity contribution is 9.08. The van der Waals surface area contributed by atoms with E-state index in [0.717, 1.165) is 0 Å². The number of nitro groups is 1. The molecule has 0 aliphatic rings. The minimum absolute atomic E-state index is 0.104. The number of nitro benzene ring substituents is 1. The molecule has 0 atom stereocenters. The van der Waals surface area contributed by atoms with E-state index >= 15 is 0 Å². The van der Waals surface area contributed by atoms with Crippen molar-refractivity contribution in [3.05, 3.63) is 38.9 Å². The summed E-state index contributed by atoms with van der Waals surface area (Å²) in [6, 6.07) is 2.70. The zero-order chi connectivity index (χ0) is 13.0. The summed E-state index contributed by atoms with van der Waals surface area (Å²) in [5, 5.41) is 11.2. The van der Waals surface area contributed by atoms with Crippen LogP contribution >= 0.6 is 15.9 Å². The average Bonchev–Trinajstić information content (AvgIpc) is 2.29. The van der Waals surface area contributed by atoms with Gasteiger partial charge in [-0.2, -0.15) is 0 Å². The number of hydrogen-bond donors (Lipinski definition) is 0. The molecule has 0 fully saturated rings. The molecule has 1 aromatic carbocycles. The van der Waals surface area contributed by atoms with Crippen molar-refractivity contribution in [2.75, 3.05) is 6.61 Å². The van der Waals surface area contributed by atoms with Gasteiger partial charge < -0.3 is 4.74 Å². The van der Waals surface area contributed by atoms with Crippen molar-refractivity contribution in [3.63, 3.8) is 0 Å². The molecule has 5 nitrogen and oxygen atoms in total. The van der Waals surface area contributed by atoms with Crippen LogP contribution in [-0.2, 0) is 10.1 Å². The summed E-state index contributed by atoms with van der Waals surface area (Å²) in [5.41, 5.74) is 1.55. The molecule has 17 heavy (non-hydrogen) atoms. The number of nitrogens with zero attached hydrogens (tertiary/aromatic N) is 1. The molecule has 0 saturated heterocycles. The smallest absolute Gasteiger partial charge is 0.338 e. The molecule has 0 heterocycles. The number of alkyl halides is 1. The Morgan fingerprint density at radius 2 is 2.18 bits per heavy atom. The van der Waals surface area contributed by atoms with Crippen molar-refractivity contribution in [2.45, 2.75) is 19.2 Å². The molecule has 0 bridgehead atoms. The van der Waals surface area contributed by atoms with E-state index in [4.69, 9.17) is 4.74 Å². The van der Waals surface area contributed by atoms with Crippen LogP contribution in [0.15, 0.2) is 12.1 Å². The molecular formula is C11H12BrNO4. The van der Waals surface area contributed by atoms with Crippen LogP contribution in [-0.4, -0.2) is 17.5 Å². The normalized spacial score (nSPS) is 10.1. The van der Waals surface area contributed by atoms with Gasteiger partial charge in [0.05, 0.1) is 17.1 Å². The average molecular weight is 302 g/mol. The maximum absolute atomic E-state index is 11.6. The molecule has 92 valence electrons. The third-order valence-corrected chi connectivity index (χ3v) is 2.95. The third kappa shape index (κ3) is 3.03. The number of ether oxygens (including phenoxy) is 1. The Morgan fingerprint density at radius 1 is 1.53 bits per heavy atom. The van der Waals surface area contributed by atoms with Gasteiger partial charge in [0.2, 0.25) is 0 Å². The van der Waals surface area contributed by atoms with Crippen LogP contribution in [0.25, 0.3) is 0 Å². The fourth-order valence-corrected chi connectivity index (χ4v) is 2.01. The maximum atomic E-state index is 11.6. The molecule has 0 spiro atoms. The lowest BCUT2D eigenvalue weighted by molar-refractivity contribution is -0.384. The minimum Gasteiger partial charge on any atom is -0.462 e. The Labute approximate surface area is 107 Å². The first kappa shape index (κ1) is 13.6. The van der Waals surface area contributed by atoms with E-state index in [1.807, 2.05) is 0 Å². The highest BCUT2D eigenvalue weighted by Crippen LogP contribution is 2.24. The van der Waals surface area contributed by atoms with Gasteiger partial charge in [0.25, 0.3) is 5.69 Å². The predicted octanol–water partition coefficient (Wildman–Crippen LogP) is 2.97. The fraction of sp³-hybridized carbons (Fsp3) is 0.364. The predicted molar refractivity (Wildman–Crippen MR) is 66.4 cm³/mol. The number of esters is 1. The molecule has 6 heteroatoms. The van der Waals surface area contributed by atoms with Crippen molar-refractivity contribution in [2.24, 2.45) is 0 Å². The Hall–Kier alpha value is -1.43. The second-order valence-electron chi connectivity index (χ2n) is 3.39. The van der Waals surface area contributed by atoms with E-state index in [1.54, 1.807) is 13.8 Å². The van der Waals surface area contributed by atoms with Crippen LogP contribution in [0, 0.1) is 17.0 Å². The maximum Gasteiger partial charge on any atom is 0.338 e. The highest BCUT2D eigenvalue weighted by Gasteiger charge is 2.18. The first-order valence-corrected chi connectivity index (χ1v) is 6.14. The third-order valence-electron chi connectivity index (χ3n) is 2.35. The van der Waals surface area contributed by atoms with Crippen LogP contribution < -0.4 is 0 Å². The second kappa shape index (κ2) is 5.77. The molecule has 0 amide bonds. The summed E-state index contributed by atoms with van der Waals surface area (Å²) in [7, 11) is 0. The van der Waals surface area contributed by atoms with Crippen molar-refractivity contribution in [1.29, 1.82) is 0 Å². The van der Waals surface area contributed by atoms with Crippen LogP contribution in [0.2, 0.25) is 0 Å². The van der Waals surface area contributed by atoms with E-state index < -0.39 is 10.9 Å². The SMILES string of the molecule is CCOC(=O)c1cc([N+](=O)[O-])cc(CBr)c1C. The van der Waals surface area contributed by atoms with Gasteiger partial charge in [0, 0.05) is 17.5 Å². The van der Waals surface area contributed by atoms with Crippen LogP contribution in [0.3, 0.4) is 0 Å². The molecule has 1 aromatic rings. The summed E-state index contributed by atoms with van der Waals surface area (Å²) in [5.74, 6) is -0.532. The summed E-state index contributed by atoms with van der Waals surface area (Å²) in [6.45, 7) is 3.67. The lowest BCUT2D eigenvalue weighted by atomic mass is 10.0. The largest absolute Gasteiger partial charge is 0.462 e. The van der Waals surface area contributed by atoms with E-state index in [1.165, 1.54) is 12.1 Å². The molecule has 0 radical (unpaired) electrons. The van der Waals surface area contributed by atoms with Gasteiger partial charge in [-0.25, -0.2) is 4.79 Å². The Balaban J connectivity index is 3.32. The second-order valence-corrected chi connectivity index (χ2v) is 3.95. The lowest BCUT2D eigenvalue weighted by Gasteiger charge is -2.09. The van der Waals surface area contributed by atoms with E-state index in [9.17, 15) is 14.9 Å². The summed E-state index contributed by atoms with van der Waals surface area (Å²) >= 11 is 3.24. The zero-order valence-electron chi connectivity index (χ0n) is 9.53. The van der Waals surface area contributed by atoms with Crippen molar-refractivity contribution in [3.8, 4) is 0 Å². The van der Waals surface area contributed by atoms with Gasteiger partial charge in [-0.05, 0) is 25.0 Å². The molecule has 0 saturated carbocycles. The van der Waals surface area contributed by atoms with Gasteiger partial charge in [-0.3, -0.25) is 10.1 Å². The highest BCUT2D eigenvalue weighted by atomic mass is 79.9. The van der Waals surface area contributed by atoms with Gasteiger partial charge >= 0.3 is 5.97 Å². The fourth-order valence-electron chi connectivity index (χ4n) is 1.42. The minimum atomic E-state index is -0.532. The summed E-state index contributed by atoms with van der Waals surface area (Å²) in [6.07, 6.45) is 0. The quantitative estimate of drug-likeness (QED) is 0.371. The topological polar surface area (TPSA) is 69.4 Å². The monoisotopic (exact) mass is 301 g/mol. The molecule has 0 aliphatic carbocycles.